The van der Waals surface area contributed by atoms with Gasteiger partial charge in [0.05, 0.1) is 6.10 Å². The number of hydrogen-bond donors (Lipinski definition) is 2. The van der Waals surface area contributed by atoms with E-state index in [4.69, 9.17) is 0 Å². The Labute approximate surface area is 122 Å². The molecular weight excluding hydrogens is 283 g/mol. The molecule has 0 atom stereocenters. The Hall–Kier alpha value is -1.27. The van der Waals surface area contributed by atoms with Crippen LogP contribution in [-0.2, 0) is 6.54 Å². The molecular formula is C15H20F3NO2. The van der Waals surface area contributed by atoms with Crippen molar-refractivity contribution in [3.05, 3.63) is 29.8 Å². The lowest BCUT2D eigenvalue weighted by Crippen LogP contribution is -2.34. The highest BCUT2D eigenvalue weighted by atomic mass is 19.4. The van der Waals surface area contributed by atoms with Gasteiger partial charge in [0, 0.05) is 12.6 Å². The van der Waals surface area contributed by atoms with Gasteiger partial charge in [0.15, 0.2) is 6.61 Å². The monoisotopic (exact) mass is 303 g/mol. The molecule has 118 valence electrons. The smallest absolute Gasteiger partial charge is 0.422 e. The molecule has 0 unspecified atom stereocenters. The minimum absolute atomic E-state index is 0.173. The third kappa shape index (κ3) is 5.93. The zero-order valence-electron chi connectivity index (χ0n) is 11.7. The van der Waals surface area contributed by atoms with Crippen LogP contribution in [0.25, 0.3) is 0 Å². The third-order valence-electron chi connectivity index (χ3n) is 3.62. The van der Waals surface area contributed by atoms with Gasteiger partial charge in [0.25, 0.3) is 0 Å². The Kier molecular flexibility index (Phi) is 5.47. The van der Waals surface area contributed by atoms with Gasteiger partial charge in [0.2, 0.25) is 0 Å². The molecule has 1 aromatic carbocycles. The summed E-state index contributed by atoms with van der Waals surface area (Å²) in [5.41, 5.74) is 1.00. The van der Waals surface area contributed by atoms with E-state index in [0.717, 1.165) is 31.2 Å². The van der Waals surface area contributed by atoms with E-state index in [9.17, 15) is 18.3 Å². The molecule has 1 saturated carbocycles. The Morgan fingerprint density at radius 2 is 1.71 bits per heavy atom. The van der Waals surface area contributed by atoms with E-state index < -0.39 is 12.8 Å². The summed E-state index contributed by atoms with van der Waals surface area (Å²) in [4.78, 5) is 0. The van der Waals surface area contributed by atoms with Crippen molar-refractivity contribution in [2.75, 3.05) is 6.61 Å². The standard InChI is InChI=1S/C15H20F3NO2/c16-15(17,18)10-21-14-7-1-11(2-8-14)9-19-12-3-5-13(20)6-4-12/h1-2,7-8,12-13,19-20H,3-6,9-10H2. The number of aliphatic hydroxyl groups excluding tert-OH is 1. The highest BCUT2D eigenvalue weighted by Crippen LogP contribution is 2.20. The SMILES string of the molecule is OC1CCC(NCc2ccc(OCC(F)(F)F)cc2)CC1. The molecule has 1 aromatic rings. The van der Waals surface area contributed by atoms with E-state index >= 15 is 0 Å². The Morgan fingerprint density at radius 1 is 1.10 bits per heavy atom. The van der Waals surface area contributed by atoms with Gasteiger partial charge in [-0.25, -0.2) is 0 Å². The van der Waals surface area contributed by atoms with Crippen LogP contribution in [0.5, 0.6) is 5.75 Å². The predicted molar refractivity (Wildman–Crippen MR) is 73.1 cm³/mol. The number of ether oxygens (including phenoxy) is 1. The Bertz CT molecular complexity index is 426. The first-order valence-electron chi connectivity index (χ1n) is 7.12. The van der Waals surface area contributed by atoms with Crippen LogP contribution in [0.4, 0.5) is 13.2 Å². The first-order chi connectivity index (χ1) is 9.92. The second kappa shape index (κ2) is 7.13. The van der Waals surface area contributed by atoms with Crippen molar-refractivity contribution < 1.29 is 23.0 Å². The van der Waals surface area contributed by atoms with Crippen LogP contribution < -0.4 is 10.1 Å². The average molecular weight is 303 g/mol. The lowest BCUT2D eigenvalue weighted by Gasteiger charge is -2.26. The highest BCUT2D eigenvalue weighted by Gasteiger charge is 2.28. The van der Waals surface area contributed by atoms with Crippen molar-refractivity contribution in [2.24, 2.45) is 0 Å². The minimum Gasteiger partial charge on any atom is -0.484 e. The number of alkyl halides is 3. The van der Waals surface area contributed by atoms with Gasteiger partial charge in [0.1, 0.15) is 5.75 Å². The lowest BCUT2D eigenvalue weighted by atomic mass is 9.93. The second-order valence-corrected chi connectivity index (χ2v) is 5.43. The van der Waals surface area contributed by atoms with Crippen molar-refractivity contribution in [1.29, 1.82) is 0 Å². The summed E-state index contributed by atoms with van der Waals surface area (Å²) in [6.07, 6.45) is -0.939. The lowest BCUT2D eigenvalue weighted by molar-refractivity contribution is -0.153. The van der Waals surface area contributed by atoms with E-state index in [1.807, 2.05) is 0 Å². The maximum absolute atomic E-state index is 12.0. The minimum atomic E-state index is -4.31. The Morgan fingerprint density at radius 3 is 2.29 bits per heavy atom. The molecule has 0 saturated heterocycles. The van der Waals surface area contributed by atoms with Gasteiger partial charge in [-0.3, -0.25) is 0 Å². The summed E-state index contributed by atoms with van der Waals surface area (Å²) in [6, 6.07) is 7.02. The normalized spacial score (nSPS) is 23.0. The first-order valence-corrected chi connectivity index (χ1v) is 7.12. The Balaban J connectivity index is 1.74. The zero-order valence-corrected chi connectivity index (χ0v) is 11.7. The maximum atomic E-state index is 12.0. The van der Waals surface area contributed by atoms with E-state index in [2.05, 4.69) is 10.1 Å². The molecule has 0 spiro atoms. The molecule has 2 N–H and O–H groups in total. The molecule has 1 aliphatic carbocycles. The van der Waals surface area contributed by atoms with Crippen molar-refractivity contribution in [3.8, 4) is 5.75 Å². The van der Waals surface area contributed by atoms with Crippen LogP contribution in [0.3, 0.4) is 0 Å². The van der Waals surface area contributed by atoms with Gasteiger partial charge >= 0.3 is 6.18 Å². The number of hydrogen-bond acceptors (Lipinski definition) is 3. The van der Waals surface area contributed by atoms with Crippen LogP contribution in [0.15, 0.2) is 24.3 Å². The van der Waals surface area contributed by atoms with Gasteiger partial charge in [-0.15, -0.1) is 0 Å². The van der Waals surface area contributed by atoms with Crippen molar-refractivity contribution in [2.45, 2.75) is 50.6 Å². The molecule has 0 amide bonds. The topological polar surface area (TPSA) is 41.5 Å². The predicted octanol–water partition coefficient (Wildman–Crippen LogP) is 3.02. The fourth-order valence-electron chi connectivity index (χ4n) is 2.41. The molecule has 0 aromatic heterocycles. The molecule has 2 rings (SSSR count). The number of rotatable bonds is 5. The number of benzene rings is 1. The number of halogens is 3. The van der Waals surface area contributed by atoms with E-state index in [1.54, 1.807) is 24.3 Å². The quantitative estimate of drug-likeness (QED) is 0.878. The molecule has 0 heterocycles. The molecule has 21 heavy (non-hydrogen) atoms. The van der Waals surface area contributed by atoms with Crippen LogP contribution >= 0.6 is 0 Å². The molecule has 1 fully saturated rings. The van der Waals surface area contributed by atoms with Crippen molar-refractivity contribution in [3.63, 3.8) is 0 Å². The van der Waals surface area contributed by atoms with Crippen LogP contribution in [-0.4, -0.2) is 30.0 Å². The molecule has 0 bridgehead atoms. The average Bonchev–Trinajstić information content (AvgIpc) is 2.45. The second-order valence-electron chi connectivity index (χ2n) is 5.43. The summed E-state index contributed by atoms with van der Waals surface area (Å²) in [5.74, 6) is 0.219. The van der Waals surface area contributed by atoms with E-state index in [1.165, 1.54) is 0 Å². The fraction of sp³-hybridized carbons (Fsp3) is 0.600. The fourth-order valence-corrected chi connectivity index (χ4v) is 2.41. The van der Waals surface area contributed by atoms with Gasteiger partial charge in [-0.2, -0.15) is 13.2 Å². The summed E-state index contributed by atoms with van der Waals surface area (Å²) in [6.45, 7) is -0.602. The van der Waals surface area contributed by atoms with Gasteiger partial charge in [-0.05, 0) is 43.4 Å². The summed E-state index contributed by atoms with van der Waals surface area (Å²) >= 11 is 0. The zero-order chi connectivity index (χ0) is 15.3. The summed E-state index contributed by atoms with van der Waals surface area (Å²) in [7, 11) is 0. The van der Waals surface area contributed by atoms with Gasteiger partial charge < -0.3 is 15.2 Å². The molecule has 6 heteroatoms. The maximum Gasteiger partial charge on any atom is 0.422 e. The van der Waals surface area contributed by atoms with Crippen LogP contribution in [0.2, 0.25) is 0 Å². The molecule has 0 aliphatic heterocycles. The van der Waals surface area contributed by atoms with Gasteiger partial charge in [-0.1, -0.05) is 12.1 Å². The highest BCUT2D eigenvalue weighted by molar-refractivity contribution is 5.27. The number of nitrogens with one attached hydrogen (secondary N) is 1. The molecule has 0 radical (unpaired) electrons. The largest absolute Gasteiger partial charge is 0.484 e. The van der Waals surface area contributed by atoms with E-state index in [-0.39, 0.29) is 11.9 Å². The van der Waals surface area contributed by atoms with Crippen LogP contribution in [0.1, 0.15) is 31.2 Å². The first kappa shape index (κ1) is 16.1. The number of aliphatic hydroxyl groups is 1. The third-order valence-corrected chi connectivity index (χ3v) is 3.62. The molecule has 3 nitrogen and oxygen atoms in total. The molecule has 1 aliphatic rings. The van der Waals surface area contributed by atoms with E-state index in [0.29, 0.717) is 12.6 Å². The van der Waals surface area contributed by atoms with Crippen molar-refractivity contribution >= 4 is 0 Å². The van der Waals surface area contributed by atoms with Crippen molar-refractivity contribution in [1.82, 2.24) is 5.32 Å². The summed E-state index contributed by atoms with van der Waals surface area (Å²) < 4.78 is 40.7. The van der Waals surface area contributed by atoms with Crippen LogP contribution in [0, 0.1) is 0 Å². The summed E-state index contributed by atoms with van der Waals surface area (Å²) in [5, 5.41) is 12.8.